The molecule has 1 aromatic carbocycles. The number of halogens is 3. The highest BCUT2D eigenvalue weighted by Crippen LogP contribution is 2.41. The molecule has 4 rings (SSSR count). The number of rotatable bonds is 1. The second-order valence-electron chi connectivity index (χ2n) is 6.88. The van der Waals surface area contributed by atoms with Gasteiger partial charge < -0.3 is 5.73 Å². The van der Waals surface area contributed by atoms with Crippen molar-refractivity contribution in [2.45, 2.75) is 56.4 Å². The summed E-state index contributed by atoms with van der Waals surface area (Å²) in [6.07, 6.45) is 2.00. The summed E-state index contributed by atoms with van der Waals surface area (Å²) in [6.45, 7) is 0. The van der Waals surface area contributed by atoms with E-state index in [4.69, 9.17) is 17.3 Å². The van der Waals surface area contributed by atoms with E-state index in [2.05, 4.69) is 10.2 Å². The number of benzene rings is 1. The Bertz CT molecular complexity index is 764. The third kappa shape index (κ3) is 2.82. The molecule has 1 saturated carbocycles. The average molecular weight is 353 g/mol. The van der Waals surface area contributed by atoms with Crippen LogP contribution in [0.25, 0.3) is 5.69 Å². The van der Waals surface area contributed by atoms with E-state index in [1.54, 1.807) is 0 Å². The van der Waals surface area contributed by atoms with Gasteiger partial charge in [-0.25, -0.2) is 8.78 Å². The van der Waals surface area contributed by atoms with E-state index >= 15 is 0 Å². The Kier molecular flexibility index (Phi) is 3.84. The number of nitrogens with zero attached hydrogens (tertiary/aromatic N) is 3. The van der Waals surface area contributed by atoms with Gasteiger partial charge in [0.05, 0.1) is 5.69 Å². The summed E-state index contributed by atoms with van der Waals surface area (Å²) in [4.78, 5) is 0. The average Bonchev–Trinajstić information content (AvgIpc) is 2.85. The molecule has 2 aliphatic rings. The van der Waals surface area contributed by atoms with Crippen LogP contribution in [0.4, 0.5) is 8.78 Å². The van der Waals surface area contributed by atoms with E-state index in [0.717, 1.165) is 22.9 Å². The van der Waals surface area contributed by atoms with Crippen LogP contribution < -0.4 is 5.73 Å². The smallest absolute Gasteiger partial charge is 0.248 e. The Hall–Kier alpha value is -1.53. The summed E-state index contributed by atoms with van der Waals surface area (Å²) in [5.41, 5.74) is 8.24. The van der Waals surface area contributed by atoms with Gasteiger partial charge in [-0.1, -0.05) is 11.6 Å². The number of nitrogens with two attached hydrogens (primary N) is 1. The molecule has 0 saturated heterocycles. The second-order valence-corrected chi connectivity index (χ2v) is 7.32. The van der Waals surface area contributed by atoms with E-state index in [1.165, 1.54) is 0 Å². The van der Waals surface area contributed by atoms with Gasteiger partial charge in [-0.05, 0) is 43.0 Å². The minimum Gasteiger partial charge on any atom is -0.327 e. The van der Waals surface area contributed by atoms with Crippen molar-refractivity contribution in [1.29, 1.82) is 0 Å². The van der Waals surface area contributed by atoms with Gasteiger partial charge in [0.2, 0.25) is 5.92 Å². The minimum atomic E-state index is -2.55. The maximum absolute atomic E-state index is 13.5. The summed E-state index contributed by atoms with van der Waals surface area (Å²) in [5, 5.41) is 9.32. The molecule has 24 heavy (non-hydrogen) atoms. The van der Waals surface area contributed by atoms with Crippen molar-refractivity contribution >= 4 is 11.6 Å². The monoisotopic (exact) mass is 352 g/mol. The normalized spacial score (nSPS) is 23.4. The molecular weight excluding hydrogens is 334 g/mol. The van der Waals surface area contributed by atoms with Crippen molar-refractivity contribution in [3.63, 3.8) is 0 Å². The van der Waals surface area contributed by atoms with Crippen molar-refractivity contribution in [2.24, 2.45) is 5.73 Å². The molecule has 0 bridgehead atoms. The molecule has 2 heterocycles. The lowest BCUT2D eigenvalue weighted by Gasteiger charge is -2.28. The molecule has 7 heteroatoms. The maximum atomic E-state index is 13.5. The predicted octanol–water partition coefficient (Wildman–Crippen LogP) is 3.64. The molecule has 1 aliphatic carbocycles. The fourth-order valence-corrected chi connectivity index (χ4v) is 4.01. The second kappa shape index (κ2) is 5.77. The molecule has 1 aliphatic heterocycles. The van der Waals surface area contributed by atoms with Gasteiger partial charge in [-0.2, -0.15) is 0 Å². The number of hydrogen-bond donors (Lipinski definition) is 1. The van der Waals surface area contributed by atoms with Gasteiger partial charge in [0.25, 0.3) is 0 Å². The van der Waals surface area contributed by atoms with Crippen molar-refractivity contribution in [1.82, 2.24) is 14.8 Å². The Morgan fingerprint density at radius 2 is 1.92 bits per heavy atom. The third-order valence-electron chi connectivity index (χ3n) is 5.05. The molecule has 2 N–H and O–H groups in total. The van der Waals surface area contributed by atoms with Crippen LogP contribution in [0.3, 0.4) is 0 Å². The zero-order valence-corrected chi connectivity index (χ0v) is 13.9. The van der Waals surface area contributed by atoms with Gasteiger partial charge in [0, 0.05) is 36.2 Å². The van der Waals surface area contributed by atoms with E-state index < -0.39 is 5.92 Å². The summed E-state index contributed by atoms with van der Waals surface area (Å²) in [6, 6.07) is 5.64. The van der Waals surface area contributed by atoms with Crippen LogP contribution in [0, 0.1) is 0 Å². The molecule has 0 amide bonds. The van der Waals surface area contributed by atoms with Crippen molar-refractivity contribution < 1.29 is 8.78 Å². The highest BCUT2D eigenvalue weighted by atomic mass is 35.5. The molecule has 0 radical (unpaired) electrons. The van der Waals surface area contributed by atoms with Gasteiger partial charge in [0.1, 0.15) is 11.6 Å². The minimum absolute atomic E-state index is 0.00345. The Balaban J connectivity index is 1.78. The Labute approximate surface area is 144 Å². The number of fused-ring (bicyclic) bond motifs is 3. The van der Waals surface area contributed by atoms with E-state index in [1.807, 2.05) is 22.8 Å². The molecular formula is C17H19ClF2N4. The molecule has 128 valence electrons. The van der Waals surface area contributed by atoms with Crippen LogP contribution in [0.5, 0.6) is 0 Å². The lowest BCUT2D eigenvalue weighted by atomic mass is 9.86. The highest BCUT2D eigenvalue weighted by molar-refractivity contribution is 6.30. The Morgan fingerprint density at radius 3 is 2.67 bits per heavy atom. The SMILES string of the molecule is NC1Cc2cc(Cl)ccc2-n2c(nnc2C2CCC(F)(F)CC2)C1. The number of hydrogen-bond acceptors (Lipinski definition) is 3. The van der Waals surface area contributed by atoms with E-state index in [-0.39, 0.29) is 24.8 Å². The van der Waals surface area contributed by atoms with Crippen LogP contribution in [0.15, 0.2) is 18.2 Å². The van der Waals surface area contributed by atoms with Crippen LogP contribution >= 0.6 is 11.6 Å². The summed E-state index contributed by atoms with van der Waals surface area (Å²) >= 11 is 6.13. The van der Waals surface area contributed by atoms with Crippen LogP contribution in [0.1, 0.15) is 48.8 Å². The fourth-order valence-electron chi connectivity index (χ4n) is 3.81. The number of aromatic nitrogens is 3. The zero-order chi connectivity index (χ0) is 16.9. The standard InChI is InChI=1S/C17H19ClF2N4/c18-12-1-2-14-11(7-12)8-13(21)9-15-22-23-16(24(14)15)10-3-5-17(19,20)6-4-10/h1-2,7,10,13H,3-6,8-9,21H2. The third-order valence-corrected chi connectivity index (χ3v) is 5.28. The summed E-state index contributed by atoms with van der Waals surface area (Å²) in [5.74, 6) is -0.968. The quantitative estimate of drug-likeness (QED) is 0.852. The van der Waals surface area contributed by atoms with Gasteiger partial charge in [0.15, 0.2) is 0 Å². The lowest BCUT2D eigenvalue weighted by Crippen LogP contribution is -2.25. The molecule has 0 spiro atoms. The molecule has 1 fully saturated rings. The first-order valence-corrected chi connectivity index (χ1v) is 8.67. The first kappa shape index (κ1) is 16.0. The van der Waals surface area contributed by atoms with Crippen molar-refractivity contribution in [2.75, 3.05) is 0 Å². The van der Waals surface area contributed by atoms with Crippen molar-refractivity contribution in [3.05, 3.63) is 40.4 Å². The molecule has 2 aromatic rings. The first-order valence-electron chi connectivity index (χ1n) is 8.29. The van der Waals surface area contributed by atoms with Crippen LogP contribution in [-0.4, -0.2) is 26.7 Å². The molecule has 1 atom stereocenters. The number of alkyl halides is 2. The molecule has 4 nitrogen and oxygen atoms in total. The summed E-state index contributed by atoms with van der Waals surface area (Å²) < 4.78 is 29.0. The van der Waals surface area contributed by atoms with Crippen LogP contribution in [-0.2, 0) is 12.8 Å². The van der Waals surface area contributed by atoms with Gasteiger partial charge in [-0.3, -0.25) is 4.57 Å². The fraction of sp³-hybridized carbons (Fsp3) is 0.529. The zero-order valence-electron chi connectivity index (χ0n) is 13.2. The molecule has 1 unspecified atom stereocenters. The van der Waals surface area contributed by atoms with Gasteiger partial charge in [-0.15, -0.1) is 10.2 Å². The molecule has 1 aromatic heterocycles. The Morgan fingerprint density at radius 1 is 1.17 bits per heavy atom. The predicted molar refractivity (Wildman–Crippen MR) is 87.9 cm³/mol. The van der Waals surface area contributed by atoms with Crippen LogP contribution in [0.2, 0.25) is 5.02 Å². The highest BCUT2D eigenvalue weighted by Gasteiger charge is 2.38. The van der Waals surface area contributed by atoms with Crippen molar-refractivity contribution in [3.8, 4) is 5.69 Å². The topological polar surface area (TPSA) is 56.7 Å². The first-order chi connectivity index (χ1) is 11.4. The van der Waals surface area contributed by atoms with Gasteiger partial charge >= 0.3 is 0 Å². The summed E-state index contributed by atoms with van der Waals surface area (Å²) in [7, 11) is 0. The van der Waals surface area contributed by atoms with E-state index in [0.29, 0.717) is 30.7 Å². The largest absolute Gasteiger partial charge is 0.327 e. The maximum Gasteiger partial charge on any atom is 0.248 e. The van der Waals surface area contributed by atoms with E-state index in [9.17, 15) is 8.78 Å². The lowest BCUT2D eigenvalue weighted by molar-refractivity contribution is -0.0388.